The quantitative estimate of drug-likeness (QED) is 0.313. The van der Waals surface area contributed by atoms with Gasteiger partial charge in [0, 0.05) is 17.2 Å². The summed E-state index contributed by atoms with van der Waals surface area (Å²) in [5.41, 5.74) is 0.632. The van der Waals surface area contributed by atoms with Crippen LogP contribution < -0.4 is 0 Å². The number of hydrogen-bond donors (Lipinski definition) is 0. The van der Waals surface area contributed by atoms with Crippen molar-refractivity contribution in [2.24, 2.45) is 0 Å². The number of benzene rings is 1. The highest BCUT2D eigenvalue weighted by atomic mass is 35.5. The molecule has 0 heterocycles. The Kier molecular flexibility index (Phi) is 9.35. The summed E-state index contributed by atoms with van der Waals surface area (Å²) in [7, 11) is 0. The van der Waals surface area contributed by atoms with E-state index in [0.717, 1.165) is 18.4 Å². The molecule has 1 aromatic rings. The SMILES string of the molecule is CCCCCCCCCC(CCl)(CCl)c1cccc(F)c1. The number of halogens is 3. The maximum absolute atomic E-state index is 13.4. The van der Waals surface area contributed by atoms with Crippen LogP contribution in [0.2, 0.25) is 0 Å². The lowest BCUT2D eigenvalue weighted by molar-refractivity contribution is 0.449. The van der Waals surface area contributed by atoms with E-state index < -0.39 is 0 Å². The molecule has 0 saturated carbocycles. The van der Waals surface area contributed by atoms with Crippen LogP contribution in [0.4, 0.5) is 4.39 Å². The Balaban J connectivity index is 2.49. The fourth-order valence-electron chi connectivity index (χ4n) is 2.71. The third-order valence-electron chi connectivity index (χ3n) is 4.21. The highest BCUT2D eigenvalue weighted by molar-refractivity contribution is 6.22. The van der Waals surface area contributed by atoms with E-state index in [9.17, 15) is 4.39 Å². The van der Waals surface area contributed by atoms with Gasteiger partial charge in [-0.15, -0.1) is 23.2 Å². The highest BCUT2D eigenvalue weighted by Crippen LogP contribution is 2.33. The molecule has 0 saturated heterocycles. The zero-order chi connectivity index (χ0) is 15.6. The monoisotopic (exact) mass is 332 g/mol. The Morgan fingerprint density at radius 1 is 0.952 bits per heavy atom. The lowest BCUT2D eigenvalue weighted by atomic mass is 9.79. The zero-order valence-corrected chi connectivity index (χ0v) is 14.5. The summed E-state index contributed by atoms with van der Waals surface area (Å²) in [6.45, 7) is 2.23. The Bertz CT molecular complexity index is 389. The summed E-state index contributed by atoms with van der Waals surface area (Å²) in [4.78, 5) is 0. The highest BCUT2D eigenvalue weighted by Gasteiger charge is 2.30. The lowest BCUT2D eigenvalue weighted by Crippen LogP contribution is -2.30. The molecule has 0 N–H and O–H groups in total. The minimum atomic E-state index is -0.297. The van der Waals surface area contributed by atoms with E-state index in [1.807, 2.05) is 6.07 Å². The molecule has 0 nitrogen and oxygen atoms in total. The second-order valence-corrected chi connectivity index (χ2v) is 6.46. The van der Waals surface area contributed by atoms with Crippen LogP contribution in [0.5, 0.6) is 0 Å². The van der Waals surface area contributed by atoms with Crippen molar-refractivity contribution < 1.29 is 4.39 Å². The van der Waals surface area contributed by atoms with Gasteiger partial charge in [0.05, 0.1) is 0 Å². The van der Waals surface area contributed by atoms with Crippen LogP contribution >= 0.6 is 23.2 Å². The molecule has 0 radical (unpaired) electrons. The van der Waals surface area contributed by atoms with E-state index in [4.69, 9.17) is 23.2 Å². The minimum absolute atomic E-state index is 0.216. The molecule has 1 aromatic carbocycles. The van der Waals surface area contributed by atoms with Crippen LogP contribution in [-0.2, 0) is 5.41 Å². The van der Waals surface area contributed by atoms with Crippen molar-refractivity contribution in [2.45, 2.75) is 63.7 Å². The van der Waals surface area contributed by atoms with Crippen LogP contribution in [0.1, 0.15) is 63.9 Å². The molecule has 3 heteroatoms. The summed E-state index contributed by atoms with van der Waals surface area (Å²) >= 11 is 12.4. The average Bonchev–Trinajstić information content (AvgIpc) is 2.51. The fourth-order valence-corrected chi connectivity index (χ4v) is 3.57. The van der Waals surface area contributed by atoms with E-state index in [2.05, 4.69) is 6.92 Å². The normalized spacial score (nSPS) is 11.8. The third-order valence-corrected chi connectivity index (χ3v) is 5.23. The van der Waals surface area contributed by atoms with Crippen molar-refractivity contribution in [3.63, 3.8) is 0 Å². The van der Waals surface area contributed by atoms with Gasteiger partial charge in [0.1, 0.15) is 5.82 Å². The summed E-state index contributed by atoms with van der Waals surface area (Å²) < 4.78 is 13.4. The van der Waals surface area contributed by atoms with Gasteiger partial charge in [-0.25, -0.2) is 4.39 Å². The predicted molar refractivity (Wildman–Crippen MR) is 92.1 cm³/mol. The average molecular weight is 333 g/mol. The van der Waals surface area contributed by atoms with Gasteiger partial charge < -0.3 is 0 Å². The van der Waals surface area contributed by atoms with Gasteiger partial charge in [-0.3, -0.25) is 0 Å². The molecule has 21 heavy (non-hydrogen) atoms. The van der Waals surface area contributed by atoms with Crippen LogP contribution in [0.3, 0.4) is 0 Å². The molecule has 0 fully saturated rings. The lowest BCUT2D eigenvalue weighted by Gasteiger charge is -2.30. The summed E-state index contributed by atoms with van der Waals surface area (Å²) in [5, 5.41) is 0. The molecule has 1 rings (SSSR count). The molecule has 0 aliphatic carbocycles. The maximum Gasteiger partial charge on any atom is 0.123 e. The molecule has 0 aliphatic rings. The van der Waals surface area contributed by atoms with Crippen molar-refractivity contribution in [2.75, 3.05) is 11.8 Å². The van der Waals surface area contributed by atoms with Gasteiger partial charge in [0.2, 0.25) is 0 Å². The van der Waals surface area contributed by atoms with Crippen LogP contribution in [-0.4, -0.2) is 11.8 Å². The van der Waals surface area contributed by atoms with Gasteiger partial charge in [0.15, 0.2) is 0 Å². The zero-order valence-electron chi connectivity index (χ0n) is 13.0. The first-order chi connectivity index (χ1) is 10.2. The summed E-state index contributed by atoms with van der Waals surface area (Å²) in [6.07, 6.45) is 9.74. The third kappa shape index (κ3) is 6.16. The van der Waals surface area contributed by atoms with Crippen molar-refractivity contribution in [1.82, 2.24) is 0 Å². The largest absolute Gasteiger partial charge is 0.207 e. The van der Waals surface area contributed by atoms with E-state index in [1.54, 1.807) is 12.1 Å². The topological polar surface area (TPSA) is 0 Å². The van der Waals surface area contributed by atoms with Crippen molar-refractivity contribution >= 4 is 23.2 Å². The van der Waals surface area contributed by atoms with Gasteiger partial charge in [0.25, 0.3) is 0 Å². The number of hydrogen-bond acceptors (Lipinski definition) is 0. The van der Waals surface area contributed by atoms with Crippen molar-refractivity contribution in [3.05, 3.63) is 35.6 Å². The molecule has 0 aliphatic heterocycles. The van der Waals surface area contributed by atoms with Gasteiger partial charge in [-0.05, 0) is 24.1 Å². The van der Waals surface area contributed by atoms with Crippen LogP contribution in [0.15, 0.2) is 24.3 Å². The molecule has 0 amide bonds. The number of rotatable bonds is 11. The standard InChI is InChI=1S/C18H27Cl2F/c1-2-3-4-5-6-7-8-12-18(14-19,15-20)16-10-9-11-17(21)13-16/h9-11,13H,2-8,12,14-15H2,1H3. The second kappa shape index (κ2) is 10.5. The molecular formula is C18H27Cl2F. The first-order valence-electron chi connectivity index (χ1n) is 8.06. The number of alkyl halides is 2. The molecule has 0 atom stereocenters. The van der Waals surface area contributed by atoms with E-state index >= 15 is 0 Å². The molecule has 120 valence electrons. The predicted octanol–water partition coefficient (Wildman–Crippen LogP) is 6.68. The molecular weight excluding hydrogens is 306 g/mol. The minimum Gasteiger partial charge on any atom is -0.207 e. The van der Waals surface area contributed by atoms with Gasteiger partial charge in [-0.1, -0.05) is 64.0 Å². The Morgan fingerprint density at radius 3 is 2.14 bits per heavy atom. The summed E-state index contributed by atoms with van der Waals surface area (Å²) in [5.74, 6) is 0.664. The van der Waals surface area contributed by atoms with Crippen LogP contribution in [0, 0.1) is 5.82 Å². The molecule has 0 bridgehead atoms. The maximum atomic E-state index is 13.4. The van der Waals surface area contributed by atoms with E-state index in [0.29, 0.717) is 11.8 Å². The molecule has 0 aromatic heterocycles. The first kappa shape index (κ1) is 18.8. The smallest absolute Gasteiger partial charge is 0.123 e. The Hall–Kier alpha value is -0.270. The molecule has 0 spiro atoms. The van der Waals surface area contributed by atoms with Gasteiger partial charge in [-0.2, -0.15) is 0 Å². The second-order valence-electron chi connectivity index (χ2n) is 5.93. The van der Waals surface area contributed by atoms with Gasteiger partial charge >= 0.3 is 0 Å². The molecule has 0 unspecified atom stereocenters. The summed E-state index contributed by atoms with van der Waals surface area (Å²) in [6, 6.07) is 6.72. The van der Waals surface area contributed by atoms with Crippen molar-refractivity contribution in [1.29, 1.82) is 0 Å². The van der Waals surface area contributed by atoms with Crippen LogP contribution in [0.25, 0.3) is 0 Å². The van der Waals surface area contributed by atoms with E-state index in [1.165, 1.54) is 44.6 Å². The Labute approximate surface area is 139 Å². The van der Waals surface area contributed by atoms with E-state index in [-0.39, 0.29) is 11.2 Å². The Morgan fingerprint density at radius 2 is 1.57 bits per heavy atom. The van der Waals surface area contributed by atoms with Crippen molar-refractivity contribution in [3.8, 4) is 0 Å². The number of unbranched alkanes of at least 4 members (excludes halogenated alkanes) is 6. The first-order valence-corrected chi connectivity index (χ1v) is 9.13. The fraction of sp³-hybridized carbons (Fsp3) is 0.667.